The van der Waals surface area contributed by atoms with Crippen molar-refractivity contribution in [2.75, 3.05) is 6.61 Å². The Kier molecular flexibility index (Phi) is 4.66. The molecule has 2 aromatic rings. The Hall–Kier alpha value is -2.25. The fraction of sp³-hybridized carbons (Fsp3) is 0.214. The standard InChI is InChI=1S/C14H15N3O3S/c1-3-20-14(18)10-11(13(21)16-19)15-17(2)12(10)9-7-5-4-6-8-9/h4-8,19H,3H2,1-2H3,(H,16,21). The van der Waals surface area contributed by atoms with Crippen LogP contribution in [0.15, 0.2) is 30.3 Å². The molecule has 1 aromatic heterocycles. The van der Waals surface area contributed by atoms with Crippen LogP contribution < -0.4 is 5.48 Å². The summed E-state index contributed by atoms with van der Waals surface area (Å²) < 4.78 is 6.62. The fourth-order valence-corrected chi connectivity index (χ4v) is 2.20. The highest BCUT2D eigenvalue weighted by molar-refractivity contribution is 7.80. The summed E-state index contributed by atoms with van der Waals surface area (Å²) in [4.78, 5) is 12.2. The summed E-state index contributed by atoms with van der Waals surface area (Å²) in [5.74, 6) is -0.531. The molecule has 1 aromatic carbocycles. The third kappa shape index (κ3) is 2.93. The van der Waals surface area contributed by atoms with E-state index in [9.17, 15) is 4.79 Å². The number of hydrogen-bond acceptors (Lipinski definition) is 5. The van der Waals surface area contributed by atoms with E-state index in [1.54, 1.807) is 18.7 Å². The first-order valence-electron chi connectivity index (χ1n) is 6.34. The van der Waals surface area contributed by atoms with Gasteiger partial charge in [0, 0.05) is 12.6 Å². The number of esters is 1. The van der Waals surface area contributed by atoms with Crippen LogP contribution in [-0.4, -0.2) is 32.6 Å². The zero-order chi connectivity index (χ0) is 15.4. The van der Waals surface area contributed by atoms with Crippen molar-refractivity contribution in [3.8, 4) is 11.3 Å². The van der Waals surface area contributed by atoms with E-state index in [4.69, 9.17) is 22.2 Å². The largest absolute Gasteiger partial charge is 0.462 e. The molecule has 0 saturated carbocycles. The Morgan fingerprint density at radius 3 is 2.67 bits per heavy atom. The summed E-state index contributed by atoms with van der Waals surface area (Å²) in [5, 5.41) is 13.2. The van der Waals surface area contributed by atoms with E-state index in [1.165, 1.54) is 0 Å². The van der Waals surface area contributed by atoms with Crippen molar-refractivity contribution in [3.63, 3.8) is 0 Å². The SMILES string of the molecule is CCOC(=O)c1c(C(=S)NO)nn(C)c1-c1ccccc1. The molecule has 110 valence electrons. The first kappa shape index (κ1) is 15.1. The second-order valence-corrected chi connectivity index (χ2v) is 4.63. The van der Waals surface area contributed by atoms with Gasteiger partial charge in [-0.1, -0.05) is 42.5 Å². The molecule has 7 heteroatoms. The van der Waals surface area contributed by atoms with Crippen LogP contribution in [0.25, 0.3) is 11.3 Å². The van der Waals surface area contributed by atoms with E-state index in [-0.39, 0.29) is 22.9 Å². The number of ether oxygens (including phenoxy) is 1. The summed E-state index contributed by atoms with van der Waals surface area (Å²) in [6.45, 7) is 1.96. The minimum absolute atomic E-state index is 0.0316. The maximum absolute atomic E-state index is 12.2. The maximum Gasteiger partial charge on any atom is 0.342 e. The van der Waals surface area contributed by atoms with Crippen LogP contribution in [-0.2, 0) is 11.8 Å². The van der Waals surface area contributed by atoms with Gasteiger partial charge in [-0.05, 0) is 6.92 Å². The normalized spacial score (nSPS) is 10.2. The minimum atomic E-state index is -0.531. The highest BCUT2D eigenvalue weighted by Gasteiger charge is 2.26. The van der Waals surface area contributed by atoms with Gasteiger partial charge in [-0.25, -0.2) is 4.79 Å². The molecule has 0 fully saturated rings. The van der Waals surface area contributed by atoms with E-state index < -0.39 is 5.97 Å². The van der Waals surface area contributed by atoms with Gasteiger partial charge in [0.05, 0.1) is 12.3 Å². The van der Waals surface area contributed by atoms with Crippen molar-refractivity contribution in [2.45, 2.75) is 6.92 Å². The third-order valence-electron chi connectivity index (χ3n) is 2.89. The summed E-state index contributed by atoms with van der Waals surface area (Å²) in [5.41, 5.74) is 3.67. The van der Waals surface area contributed by atoms with Gasteiger partial charge in [0.2, 0.25) is 0 Å². The van der Waals surface area contributed by atoms with Gasteiger partial charge in [-0.2, -0.15) is 5.10 Å². The van der Waals surface area contributed by atoms with Crippen molar-refractivity contribution in [1.82, 2.24) is 15.3 Å². The summed E-state index contributed by atoms with van der Waals surface area (Å²) in [6, 6.07) is 9.32. The zero-order valence-corrected chi connectivity index (χ0v) is 12.5. The molecule has 2 rings (SSSR count). The average molecular weight is 305 g/mol. The van der Waals surface area contributed by atoms with Crippen LogP contribution in [0, 0.1) is 0 Å². The van der Waals surface area contributed by atoms with Gasteiger partial charge >= 0.3 is 5.97 Å². The number of hydroxylamine groups is 1. The number of carbonyl (C=O) groups excluding carboxylic acids is 1. The molecule has 6 nitrogen and oxygen atoms in total. The Morgan fingerprint density at radius 1 is 1.43 bits per heavy atom. The maximum atomic E-state index is 12.2. The van der Waals surface area contributed by atoms with Gasteiger partial charge in [0.25, 0.3) is 0 Å². The molecule has 21 heavy (non-hydrogen) atoms. The number of carbonyl (C=O) groups is 1. The molecule has 0 bridgehead atoms. The lowest BCUT2D eigenvalue weighted by atomic mass is 10.1. The van der Waals surface area contributed by atoms with Gasteiger partial charge < -0.3 is 4.74 Å². The van der Waals surface area contributed by atoms with Crippen molar-refractivity contribution >= 4 is 23.2 Å². The molecule has 0 aliphatic carbocycles. The quantitative estimate of drug-likeness (QED) is 0.510. The molecule has 0 atom stereocenters. The Balaban J connectivity index is 2.66. The average Bonchev–Trinajstić information content (AvgIpc) is 2.85. The topological polar surface area (TPSA) is 76.4 Å². The van der Waals surface area contributed by atoms with Crippen LogP contribution in [0.2, 0.25) is 0 Å². The highest BCUT2D eigenvalue weighted by Crippen LogP contribution is 2.26. The van der Waals surface area contributed by atoms with Crippen LogP contribution in [0.1, 0.15) is 23.0 Å². The van der Waals surface area contributed by atoms with E-state index >= 15 is 0 Å². The first-order chi connectivity index (χ1) is 10.1. The Bertz CT molecular complexity index is 668. The van der Waals surface area contributed by atoms with Crippen molar-refractivity contribution in [3.05, 3.63) is 41.6 Å². The number of benzene rings is 1. The van der Waals surface area contributed by atoms with Gasteiger partial charge in [-0.3, -0.25) is 15.4 Å². The summed E-state index contributed by atoms with van der Waals surface area (Å²) >= 11 is 4.99. The molecule has 0 aliphatic rings. The van der Waals surface area contributed by atoms with Crippen LogP contribution >= 0.6 is 12.2 Å². The van der Waals surface area contributed by atoms with Gasteiger partial charge in [0.1, 0.15) is 11.3 Å². The lowest BCUT2D eigenvalue weighted by Crippen LogP contribution is -2.21. The Morgan fingerprint density at radius 2 is 2.10 bits per heavy atom. The molecule has 2 N–H and O–H groups in total. The van der Waals surface area contributed by atoms with Crippen LogP contribution in [0.4, 0.5) is 0 Å². The first-order valence-corrected chi connectivity index (χ1v) is 6.75. The molecule has 0 spiro atoms. The van der Waals surface area contributed by atoms with Crippen molar-refractivity contribution < 1.29 is 14.7 Å². The monoisotopic (exact) mass is 305 g/mol. The van der Waals surface area contributed by atoms with Gasteiger partial charge in [-0.15, -0.1) is 0 Å². The number of aromatic nitrogens is 2. The molecule has 0 saturated heterocycles. The number of rotatable bonds is 4. The highest BCUT2D eigenvalue weighted by atomic mass is 32.1. The number of thiocarbonyl (C=S) groups is 1. The third-order valence-corrected chi connectivity index (χ3v) is 3.18. The fourth-order valence-electron chi connectivity index (χ4n) is 2.06. The second-order valence-electron chi connectivity index (χ2n) is 4.22. The number of nitrogens with one attached hydrogen (secondary N) is 1. The molecule has 0 aliphatic heterocycles. The summed E-state index contributed by atoms with van der Waals surface area (Å²) in [7, 11) is 1.70. The molecule has 0 amide bonds. The molecule has 1 heterocycles. The predicted octanol–water partition coefficient (Wildman–Crippen LogP) is 1.92. The van der Waals surface area contributed by atoms with Crippen LogP contribution in [0.5, 0.6) is 0 Å². The lowest BCUT2D eigenvalue weighted by Gasteiger charge is -2.07. The van der Waals surface area contributed by atoms with Gasteiger partial charge in [0.15, 0.2) is 4.99 Å². The van der Waals surface area contributed by atoms with E-state index in [2.05, 4.69) is 5.10 Å². The second kappa shape index (κ2) is 6.47. The number of hydrogen-bond donors (Lipinski definition) is 2. The van der Waals surface area contributed by atoms with Crippen molar-refractivity contribution in [1.29, 1.82) is 0 Å². The molecular weight excluding hydrogens is 290 g/mol. The molecule has 0 unspecified atom stereocenters. The van der Waals surface area contributed by atoms with Crippen molar-refractivity contribution in [2.24, 2.45) is 7.05 Å². The van der Waals surface area contributed by atoms with Crippen LogP contribution in [0.3, 0.4) is 0 Å². The lowest BCUT2D eigenvalue weighted by molar-refractivity contribution is 0.0527. The zero-order valence-electron chi connectivity index (χ0n) is 11.7. The number of aryl methyl sites for hydroxylation is 1. The smallest absolute Gasteiger partial charge is 0.342 e. The predicted molar refractivity (Wildman–Crippen MR) is 81.2 cm³/mol. The Labute approximate surface area is 127 Å². The minimum Gasteiger partial charge on any atom is -0.462 e. The summed E-state index contributed by atoms with van der Waals surface area (Å²) in [6.07, 6.45) is 0. The molecule has 0 radical (unpaired) electrons. The van der Waals surface area contributed by atoms with E-state index in [1.807, 2.05) is 35.8 Å². The number of nitrogens with zero attached hydrogens (tertiary/aromatic N) is 2. The van der Waals surface area contributed by atoms with E-state index in [0.29, 0.717) is 5.69 Å². The van der Waals surface area contributed by atoms with E-state index in [0.717, 1.165) is 5.56 Å². The molecular formula is C14H15N3O3S.